The van der Waals surface area contributed by atoms with Gasteiger partial charge in [-0.1, -0.05) is 6.92 Å². The summed E-state index contributed by atoms with van der Waals surface area (Å²) < 4.78 is 5.35. The van der Waals surface area contributed by atoms with Gasteiger partial charge in [-0.15, -0.1) is 0 Å². The molecular formula is C10H22N2O. The molecule has 1 heterocycles. The van der Waals surface area contributed by atoms with Crippen LogP contribution in [0.2, 0.25) is 0 Å². The smallest absolute Gasteiger partial charge is 0.0469 e. The molecule has 2 unspecified atom stereocenters. The second kappa shape index (κ2) is 5.58. The molecule has 1 rings (SSSR count). The van der Waals surface area contributed by atoms with Gasteiger partial charge in [0, 0.05) is 19.3 Å². The average molecular weight is 186 g/mol. The maximum absolute atomic E-state index is 5.68. The lowest BCUT2D eigenvalue weighted by Gasteiger charge is -2.33. The minimum Gasteiger partial charge on any atom is -0.381 e. The predicted molar refractivity (Wildman–Crippen MR) is 54.6 cm³/mol. The standard InChI is InChI=1S/C10H22N2O/c1-8(7-11)10(12-2)9-3-5-13-6-4-9/h8-10,12H,3-7,11H2,1-2H3. The predicted octanol–water partition coefficient (Wildman–Crippen LogP) is 0.596. The van der Waals surface area contributed by atoms with Crippen molar-refractivity contribution in [3.63, 3.8) is 0 Å². The van der Waals surface area contributed by atoms with E-state index in [9.17, 15) is 0 Å². The first-order chi connectivity index (χ1) is 6.29. The number of rotatable bonds is 4. The molecule has 0 amide bonds. The van der Waals surface area contributed by atoms with Gasteiger partial charge >= 0.3 is 0 Å². The molecule has 1 saturated heterocycles. The highest BCUT2D eigenvalue weighted by Crippen LogP contribution is 2.22. The fourth-order valence-corrected chi connectivity index (χ4v) is 2.21. The molecule has 3 N–H and O–H groups in total. The first-order valence-electron chi connectivity index (χ1n) is 5.24. The van der Waals surface area contributed by atoms with E-state index in [2.05, 4.69) is 12.2 Å². The van der Waals surface area contributed by atoms with Crippen molar-refractivity contribution < 1.29 is 4.74 Å². The molecule has 13 heavy (non-hydrogen) atoms. The quantitative estimate of drug-likeness (QED) is 0.676. The zero-order valence-corrected chi connectivity index (χ0v) is 8.75. The second-order valence-corrected chi connectivity index (χ2v) is 3.98. The Morgan fingerprint density at radius 3 is 2.54 bits per heavy atom. The van der Waals surface area contributed by atoms with Gasteiger partial charge in [0.05, 0.1) is 0 Å². The molecule has 0 saturated carbocycles. The first-order valence-corrected chi connectivity index (χ1v) is 5.24. The molecule has 0 aromatic carbocycles. The number of hydrogen-bond acceptors (Lipinski definition) is 3. The normalized spacial score (nSPS) is 24.2. The van der Waals surface area contributed by atoms with E-state index >= 15 is 0 Å². The van der Waals surface area contributed by atoms with Crippen molar-refractivity contribution in [2.45, 2.75) is 25.8 Å². The van der Waals surface area contributed by atoms with Gasteiger partial charge in [0.25, 0.3) is 0 Å². The summed E-state index contributed by atoms with van der Waals surface area (Å²) in [5, 5.41) is 3.39. The van der Waals surface area contributed by atoms with E-state index in [-0.39, 0.29) is 0 Å². The molecule has 0 aliphatic carbocycles. The van der Waals surface area contributed by atoms with Crippen LogP contribution in [0.4, 0.5) is 0 Å². The number of ether oxygens (including phenoxy) is 1. The van der Waals surface area contributed by atoms with E-state index < -0.39 is 0 Å². The first kappa shape index (κ1) is 11.0. The van der Waals surface area contributed by atoms with Crippen LogP contribution in [0.1, 0.15) is 19.8 Å². The molecule has 2 atom stereocenters. The van der Waals surface area contributed by atoms with Crippen molar-refractivity contribution >= 4 is 0 Å². The summed E-state index contributed by atoms with van der Waals surface area (Å²) in [6.07, 6.45) is 2.35. The van der Waals surface area contributed by atoms with Gasteiger partial charge in [0.1, 0.15) is 0 Å². The van der Waals surface area contributed by atoms with Crippen LogP contribution in [0.25, 0.3) is 0 Å². The van der Waals surface area contributed by atoms with E-state index in [0.717, 1.165) is 25.7 Å². The van der Waals surface area contributed by atoms with E-state index in [1.807, 2.05) is 7.05 Å². The highest BCUT2D eigenvalue weighted by Gasteiger charge is 2.26. The van der Waals surface area contributed by atoms with Crippen LogP contribution < -0.4 is 11.1 Å². The molecule has 3 nitrogen and oxygen atoms in total. The number of nitrogens with one attached hydrogen (secondary N) is 1. The summed E-state index contributed by atoms with van der Waals surface area (Å²) in [5.74, 6) is 1.31. The van der Waals surface area contributed by atoms with Crippen molar-refractivity contribution in [2.24, 2.45) is 17.6 Å². The van der Waals surface area contributed by atoms with Gasteiger partial charge < -0.3 is 15.8 Å². The summed E-state index contributed by atoms with van der Waals surface area (Å²) >= 11 is 0. The highest BCUT2D eigenvalue weighted by molar-refractivity contribution is 4.81. The third kappa shape index (κ3) is 2.93. The van der Waals surface area contributed by atoms with Crippen LogP contribution in [-0.4, -0.2) is 32.8 Å². The third-order valence-corrected chi connectivity index (χ3v) is 3.09. The van der Waals surface area contributed by atoms with Gasteiger partial charge in [-0.3, -0.25) is 0 Å². The van der Waals surface area contributed by atoms with Crippen molar-refractivity contribution in [3.8, 4) is 0 Å². The SMILES string of the molecule is CNC(C(C)CN)C1CCOCC1. The maximum atomic E-state index is 5.68. The molecule has 0 aromatic heterocycles. The largest absolute Gasteiger partial charge is 0.381 e. The second-order valence-electron chi connectivity index (χ2n) is 3.98. The minimum absolute atomic E-state index is 0.563. The Hall–Kier alpha value is -0.120. The molecule has 0 aromatic rings. The summed E-state index contributed by atoms with van der Waals surface area (Å²) in [6, 6.07) is 0.564. The van der Waals surface area contributed by atoms with Crippen molar-refractivity contribution in [2.75, 3.05) is 26.8 Å². The maximum Gasteiger partial charge on any atom is 0.0469 e. The molecule has 78 valence electrons. The molecule has 1 aliphatic rings. The van der Waals surface area contributed by atoms with E-state index in [0.29, 0.717) is 12.0 Å². The van der Waals surface area contributed by atoms with Gasteiger partial charge in [-0.05, 0) is 38.3 Å². The molecule has 0 radical (unpaired) electrons. The van der Waals surface area contributed by atoms with E-state index in [4.69, 9.17) is 10.5 Å². The zero-order chi connectivity index (χ0) is 9.68. The Labute approximate surface area is 81.0 Å². The lowest BCUT2D eigenvalue weighted by Crippen LogP contribution is -2.44. The van der Waals surface area contributed by atoms with E-state index in [1.165, 1.54) is 12.8 Å². The Morgan fingerprint density at radius 2 is 2.08 bits per heavy atom. The van der Waals surface area contributed by atoms with Gasteiger partial charge in [0.2, 0.25) is 0 Å². The Morgan fingerprint density at radius 1 is 1.46 bits per heavy atom. The Bertz CT molecular complexity index is 135. The Kier molecular flexibility index (Phi) is 4.70. The molecule has 1 fully saturated rings. The van der Waals surface area contributed by atoms with Crippen molar-refractivity contribution in [3.05, 3.63) is 0 Å². The molecular weight excluding hydrogens is 164 g/mol. The summed E-state index contributed by atoms with van der Waals surface area (Å²) in [7, 11) is 2.03. The third-order valence-electron chi connectivity index (χ3n) is 3.09. The van der Waals surface area contributed by atoms with Crippen molar-refractivity contribution in [1.29, 1.82) is 0 Å². The van der Waals surface area contributed by atoms with E-state index in [1.54, 1.807) is 0 Å². The average Bonchev–Trinajstić information content (AvgIpc) is 2.20. The van der Waals surface area contributed by atoms with Crippen LogP contribution in [0.15, 0.2) is 0 Å². The topological polar surface area (TPSA) is 47.3 Å². The van der Waals surface area contributed by atoms with Gasteiger partial charge in [-0.2, -0.15) is 0 Å². The molecule has 0 spiro atoms. The van der Waals surface area contributed by atoms with Crippen LogP contribution in [0.5, 0.6) is 0 Å². The fourth-order valence-electron chi connectivity index (χ4n) is 2.21. The van der Waals surface area contributed by atoms with Gasteiger partial charge in [0.15, 0.2) is 0 Å². The zero-order valence-electron chi connectivity index (χ0n) is 8.75. The lowest BCUT2D eigenvalue weighted by molar-refractivity contribution is 0.0477. The summed E-state index contributed by atoms with van der Waals surface area (Å²) in [5.41, 5.74) is 5.68. The number of nitrogens with two attached hydrogens (primary N) is 1. The van der Waals surface area contributed by atoms with Crippen LogP contribution in [0.3, 0.4) is 0 Å². The van der Waals surface area contributed by atoms with Crippen LogP contribution in [-0.2, 0) is 4.74 Å². The van der Waals surface area contributed by atoms with Gasteiger partial charge in [-0.25, -0.2) is 0 Å². The molecule has 0 bridgehead atoms. The molecule has 3 heteroatoms. The monoisotopic (exact) mass is 186 g/mol. The van der Waals surface area contributed by atoms with Crippen molar-refractivity contribution in [1.82, 2.24) is 5.32 Å². The fraction of sp³-hybridized carbons (Fsp3) is 1.00. The summed E-state index contributed by atoms with van der Waals surface area (Å²) in [6.45, 7) is 4.82. The van der Waals surface area contributed by atoms with Crippen LogP contribution >= 0.6 is 0 Å². The minimum atomic E-state index is 0.563. The number of hydrogen-bond donors (Lipinski definition) is 2. The Balaban J connectivity index is 2.43. The molecule has 1 aliphatic heterocycles. The van der Waals surface area contributed by atoms with Crippen LogP contribution in [0, 0.1) is 11.8 Å². The summed E-state index contributed by atoms with van der Waals surface area (Å²) in [4.78, 5) is 0. The lowest BCUT2D eigenvalue weighted by atomic mass is 9.84. The highest BCUT2D eigenvalue weighted by atomic mass is 16.5.